The molecule has 0 aromatic carbocycles. The summed E-state index contributed by atoms with van der Waals surface area (Å²) < 4.78 is 0. The molecule has 16 heavy (non-hydrogen) atoms. The largest absolute Gasteiger partial charge is 0.389 e. The Morgan fingerprint density at radius 1 is 1.31 bits per heavy atom. The zero-order valence-electron chi connectivity index (χ0n) is 10.5. The predicted octanol–water partition coefficient (Wildman–Crippen LogP) is 3.18. The van der Waals surface area contributed by atoms with Gasteiger partial charge in [0.05, 0.1) is 12.2 Å². The van der Waals surface area contributed by atoms with Crippen molar-refractivity contribution in [2.75, 3.05) is 0 Å². The number of hydrogen-bond donors (Lipinski definition) is 2. The molecule has 2 N–H and O–H groups in total. The van der Waals surface area contributed by atoms with E-state index in [1.54, 1.807) is 0 Å². The summed E-state index contributed by atoms with van der Waals surface area (Å²) in [5.41, 5.74) is 1.06. The van der Waals surface area contributed by atoms with Crippen LogP contribution < -0.4 is 0 Å². The second-order valence-corrected chi connectivity index (χ2v) is 4.92. The summed E-state index contributed by atoms with van der Waals surface area (Å²) in [6, 6.07) is 0. The molecular weight excluding hydrogens is 200 g/mol. The maximum atomic E-state index is 9.80. The van der Waals surface area contributed by atoms with Gasteiger partial charge in [0, 0.05) is 0 Å². The van der Waals surface area contributed by atoms with Crippen molar-refractivity contribution < 1.29 is 10.2 Å². The number of unbranched alkanes of at least 4 members (excludes halogenated alkanes) is 4. The topological polar surface area (TPSA) is 40.5 Å². The van der Waals surface area contributed by atoms with Gasteiger partial charge in [-0.1, -0.05) is 45.1 Å². The third-order valence-electron chi connectivity index (χ3n) is 3.38. The highest BCUT2D eigenvalue weighted by molar-refractivity contribution is 5.14. The van der Waals surface area contributed by atoms with E-state index in [0.717, 1.165) is 37.7 Å². The molecule has 1 aliphatic rings. The average molecular weight is 226 g/mol. The van der Waals surface area contributed by atoms with Crippen molar-refractivity contribution in [3.05, 3.63) is 11.6 Å². The van der Waals surface area contributed by atoms with Gasteiger partial charge in [-0.15, -0.1) is 0 Å². The van der Waals surface area contributed by atoms with E-state index in [4.69, 9.17) is 0 Å². The fraction of sp³-hybridized carbons (Fsp3) is 0.857. The highest BCUT2D eigenvalue weighted by Gasteiger charge is 2.18. The molecule has 2 nitrogen and oxygen atoms in total. The van der Waals surface area contributed by atoms with Crippen molar-refractivity contribution in [3.8, 4) is 0 Å². The SMILES string of the molecule is CCCCCCC[C@H](O)/C=C1\CCC[C@@H]1O. The van der Waals surface area contributed by atoms with Gasteiger partial charge in [-0.2, -0.15) is 0 Å². The minimum absolute atomic E-state index is 0.283. The molecule has 2 atom stereocenters. The van der Waals surface area contributed by atoms with Gasteiger partial charge in [0.25, 0.3) is 0 Å². The molecule has 0 heterocycles. The van der Waals surface area contributed by atoms with E-state index >= 15 is 0 Å². The lowest BCUT2D eigenvalue weighted by molar-refractivity contribution is 0.194. The molecule has 1 saturated carbocycles. The molecule has 0 spiro atoms. The van der Waals surface area contributed by atoms with Crippen LogP contribution in [0, 0.1) is 0 Å². The molecule has 0 aromatic rings. The minimum Gasteiger partial charge on any atom is -0.389 e. The Balaban J connectivity index is 2.12. The van der Waals surface area contributed by atoms with Crippen LogP contribution in [0.5, 0.6) is 0 Å². The van der Waals surface area contributed by atoms with Crippen LogP contribution in [0.4, 0.5) is 0 Å². The highest BCUT2D eigenvalue weighted by atomic mass is 16.3. The van der Waals surface area contributed by atoms with Crippen molar-refractivity contribution in [2.45, 2.75) is 76.9 Å². The molecule has 1 rings (SSSR count). The normalized spacial score (nSPS) is 25.2. The van der Waals surface area contributed by atoms with Gasteiger partial charge in [-0.25, -0.2) is 0 Å². The summed E-state index contributed by atoms with van der Waals surface area (Å²) in [7, 11) is 0. The van der Waals surface area contributed by atoms with E-state index < -0.39 is 0 Å². The van der Waals surface area contributed by atoms with E-state index in [-0.39, 0.29) is 12.2 Å². The van der Waals surface area contributed by atoms with Gasteiger partial charge in [-0.3, -0.25) is 0 Å². The Kier molecular flexibility index (Phi) is 6.74. The zero-order chi connectivity index (χ0) is 11.8. The van der Waals surface area contributed by atoms with Crippen LogP contribution >= 0.6 is 0 Å². The predicted molar refractivity (Wildman–Crippen MR) is 67.3 cm³/mol. The van der Waals surface area contributed by atoms with Gasteiger partial charge in [-0.05, 0) is 31.3 Å². The Bertz CT molecular complexity index is 211. The number of hydrogen-bond acceptors (Lipinski definition) is 2. The van der Waals surface area contributed by atoms with Crippen molar-refractivity contribution in [1.29, 1.82) is 0 Å². The van der Waals surface area contributed by atoms with Gasteiger partial charge < -0.3 is 10.2 Å². The Hall–Kier alpha value is -0.340. The zero-order valence-corrected chi connectivity index (χ0v) is 10.5. The van der Waals surface area contributed by atoms with E-state index in [2.05, 4.69) is 6.92 Å². The first-order valence-corrected chi connectivity index (χ1v) is 6.80. The van der Waals surface area contributed by atoms with E-state index in [1.807, 2.05) is 6.08 Å². The van der Waals surface area contributed by atoms with E-state index in [9.17, 15) is 10.2 Å². The molecule has 0 radical (unpaired) electrons. The number of aliphatic hydroxyl groups is 2. The summed E-state index contributed by atoms with van der Waals surface area (Å²) in [6.45, 7) is 2.21. The second kappa shape index (κ2) is 7.86. The number of rotatable bonds is 7. The van der Waals surface area contributed by atoms with Gasteiger partial charge in [0.15, 0.2) is 0 Å². The number of aliphatic hydroxyl groups excluding tert-OH is 2. The monoisotopic (exact) mass is 226 g/mol. The molecule has 2 heteroatoms. The fourth-order valence-electron chi connectivity index (χ4n) is 2.33. The van der Waals surface area contributed by atoms with Gasteiger partial charge >= 0.3 is 0 Å². The van der Waals surface area contributed by atoms with Crippen LogP contribution in [0.2, 0.25) is 0 Å². The van der Waals surface area contributed by atoms with E-state index in [0.29, 0.717) is 0 Å². The minimum atomic E-state index is -0.343. The lowest BCUT2D eigenvalue weighted by Gasteiger charge is -2.09. The molecule has 0 saturated heterocycles. The second-order valence-electron chi connectivity index (χ2n) is 4.92. The first-order chi connectivity index (χ1) is 7.74. The summed E-state index contributed by atoms with van der Waals surface area (Å²) in [5.74, 6) is 0. The van der Waals surface area contributed by atoms with Crippen molar-refractivity contribution >= 4 is 0 Å². The van der Waals surface area contributed by atoms with Crippen LogP contribution in [0.15, 0.2) is 11.6 Å². The Labute approximate surface area is 99.4 Å². The molecule has 0 unspecified atom stereocenters. The van der Waals surface area contributed by atoms with Crippen LogP contribution in [0.1, 0.15) is 64.7 Å². The molecule has 0 bridgehead atoms. The molecule has 1 aliphatic carbocycles. The lowest BCUT2D eigenvalue weighted by atomic mass is 10.0. The summed E-state index contributed by atoms with van der Waals surface area (Å²) in [6.07, 6.45) is 11.2. The Morgan fingerprint density at radius 3 is 2.69 bits per heavy atom. The van der Waals surface area contributed by atoms with Crippen molar-refractivity contribution in [3.63, 3.8) is 0 Å². The maximum Gasteiger partial charge on any atom is 0.0751 e. The first-order valence-electron chi connectivity index (χ1n) is 6.80. The van der Waals surface area contributed by atoms with Crippen molar-refractivity contribution in [2.24, 2.45) is 0 Å². The van der Waals surface area contributed by atoms with Crippen LogP contribution in [0.3, 0.4) is 0 Å². The molecule has 1 fully saturated rings. The van der Waals surface area contributed by atoms with E-state index in [1.165, 1.54) is 25.7 Å². The summed E-state index contributed by atoms with van der Waals surface area (Å²) in [4.78, 5) is 0. The molecule has 0 aromatic heterocycles. The molecule has 94 valence electrons. The smallest absolute Gasteiger partial charge is 0.0751 e. The standard InChI is InChI=1S/C14H26O2/c1-2-3-4-5-6-9-13(15)11-12-8-7-10-14(12)16/h11,13-16H,2-10H2,1H3/b12-11+/t13-,14-/m0/s1. The third-order valence-corrected chi connectivity index (χ3v) is 3.38. The van der Waals surface area contributed by atoms with Gasteiger partial charge in [0.2, 0.25) is 0 Å². The summed E-state index contributed by atoms with van der Waals surface area (Å²) in [5, 5.41) is 19.4. The molecule has 0 aliphatic heterocycles. The highest BCUT2D eigenvalue weighted by Crippen LogP contribution is 2.25. The first kappa shape index (κ1) is 13.7. The third kappa shape index (κ3) is 5.13. The quantitative estimate of drug-likeness (QED) is 0.517. The summed E-state index contributed by atoms with van der Waals surface area (Å²) >= 11 is 0. The van der Waals surface area contributed by atoms with Crippen molar-refractivity contribution in [1.82, 2.24) is 0 Å². The van der Waals surface area contributed by atoms with Crippen LogP contribution in [-0.2, 0) is 0 Å². The van der Waals surface area contributed by atoms with Crippen LogP contribution in [0.25, 0.3) is 0 Å². The Morgan fingerprint density at radius 2 is 2.06 bits per heavy atom. The van der Waals surface area contributed by atoms with Crippen LogP contribution in [-0.4, -0.2) is 22.4 Å². The maximum absolute atomic E-state index is 9.80. The molecule has 0 amide bonds. The molecular formula is C14H26O2. The fourth-order valence-corrected chi connectivity index (χ4v) is 2.33. The van der Waals surface area contributed by atoms with Gasteiger partial charge in [0.1, 0.15) is 0 Å². The average Bonchev–Trinajstić information content (AvgIpc) is 2.64. The lowest BCUT2D eigenvalue weighted by Crippen LogP contribution is -2.08.